The highest BCUT2D eigenvalue weighted by Gasteiger charge is 2.50. The topological polar surface area (TPSA) is 63.3 Å². The van der Waals surface area contributed by atoms with E-state index in [-0.39, 0.29) is 25.2 Å². The fraction of sp³-hybridized carbons (Fsp3) is 0.857. The van der Waals surface area contributed by atoms with Gasteiger partial charge in [-0.25, -0.2) is 0 Å². The van der Waals surface area contributed by atoms with Gasteiger partial charge in [-0.2, -0.15) is 13.2 Å². The largest absolute Gasteiger partial charge is 0.481 e. The molecule has 0 aromatic heterocycles. The van der Waals surface area contributed by atoms with E-state index in [9.17, 15) is 18.0 Å². The SMILES string of the molecule is Cl.N[C@H]1C[C@@H](C(=O)O)C[C@H]1C(F)(F)F. The van der Waals surface area contributed by atoms with Crippen molar-refractivity contribution < 1.29 is 23.1 Å². The van der Waals surface area contributed by atoms with Crippen LogP contribution in [0.1, 0.15) is 12.8 Å². The molecule has 0 spiro atoms. The third kappa shape index (κ3) is 2.75. The molecule has 0 amide bonds. The maximum absolute atomic E-state index is 12.2. The minimum Gasteiger partial charge on any atom is -0.481 e. The molecule has 0 bridgehead atoms. The van der Waals surface area contributed by atoms with Crippen LogP contribution in [0.5, 0.6) is 0 Å². The van der Waals surface area contributed by atoms with Crippen molar-refractivity contribution in [3.63, 3.8) is 0 Å². The first-order valence-electron chi connectivity index (χ1n) is 3.87. The van der Waals surface area contributed by atoms with Crippen LogP contribution in [0.15, 0.2) is 0 Å². The Morgan fingerprint density at radius 3 is 2.07 bits per heavy atom. The summed E-state index contributed by atoms with van der Waals surface area (Å²) < 4.78 is 36.5. The molecule has 1 saturated carbocycles. The van der Waals surface area contributed by atoms with E-state index in [1.54, 1.807) is 0 Å². The zero-order valence-corrected chi connectivity index (χ0v) is 7.94. The molecule has 3 N–H and O–H groups in total. The van der Waals surface area contributed by atoms with E-state index in [4.69, 9.17) is 10.8 Å². The lowest BCUT2D eigenvalue weighted by Crippen LogP contribution is -2.35. The molecule has 1 aliphatic rings. The summed E-state index contributed by atoms with van der Waals surface area (Å²) in [6, 6.07) is -1.07. The number of hydrogen-bond acceptors (Lipinski definition) is 2. The minimum atomic E-state index is -4.37. The van der Waals surface area contributed by atoms with E-state index in [1.165, 1.54) is 0 Å². The molecule has 3 nitrogen and oxygen atoms in total. The predicted molar refractivity (Wildman–Crippen MR) is 45.1 cm³/mol. The van der Waals surface area contributed by atoms with Crippen molar-refractivity contribution in [3.8, 4) is 0 Å². The second kappa shape index (κ2) is 4.35. The van der Waals surface area contributed by atoms with Gasteiger partial charge in [0.2, 0.25) is 0 Å². The first-order chi connectivity index (χ1) is 5.82. The number of hydrogen-bond donors (Lipinski definition) is 2. The van der Waals surface area contributed by atoms with Crippen LogP contribution in [0.3, 0.4) is 0 Å². The second-order valence-electron chi connectivity index (χ2n) is 3.32. The zero-order valence-electron chi connectivity index (χ0n) is 7.12. The van der Waals surface area contributed by atoms with Crippen LogP contribution in [0.25, 0.3) is 0 Å². The van der Waals surface area contributed by atoms with Gasteiger partial charge in [0, 0.05) is 6.04 Å². The van der Waals surface area contributed by atoms with Crippen LogP contribution >= 0.6 is 12.4 Å². The summed E-state index contributed by atoms with van der Waals surface area (Å²) in [5, 5.41) is 8.49. The summed E-state index contributed by atoms with van der Waals surface area (Å²) in [6.07, 6.45) is -4.84. The number of nitrogens with two attached hydrogens (primary N) is 1. The highest BCUT2D eigenvalue weighted by molar-refractivity contribution is 5.85. The van der Waals surface area contributed by atoms with Crippen LogP contribution in [0.2, 0.25) is 0 Å². The van der Waals surface area contributed by atoms with Crippen LogP contribution in [-0.4, -0.2) is 23.3 Å². The molecule has 84 valence electrons. The molecule has 0 radical (unpaired) electrons. The number of alkyl halides is 3. The lowest BCUT2D eigenvalue weighted by Gasteiger charge is -2.18. The Kier molecular flexibility index (Phi) is 4.20. The fourth-order valence-electron chi connectivity index (χ4n) is 1.65. The Hall–Kier alpha value is -0.490. The van der Waals surface area contributed by atoms with Crippen molar-refractivity contribution in [1.29, 1.82) is 0 Å². The van der Waals surface area contributed by atoms with Crippen LogP contribution in [0.4, 0.5) is 13.2 Å². The third-order valence-corrected chi connectivity index (χ3v) is 2.38. The van der Waals surface area contributed by atoms with Gasteiger partial charge >= 0.3 is 12.1 Å². The summed E-state index contributed by atoms with van der Waals surface area (Å²) in [6.45, 7) is 0. The number of rotatable bonds is 1. The molecule has 1 fully saturated rings. The van der Waals surface area contributed by atoms with Gasteiger partial charge < -0.3 is 10.8 Å². The predicted octanol–water partition coefficient (Wildman–Crippen LogP) is 1.41. The van der Waals surface area contributed by atoms with E-state index in [1.807, 2.05) is 0 Å². The van der Waals surface area contributed by atoms with Gasteiger partial charge in [0.25, 0.3) is 0 Å². The smallest absolute Gasteiger partial charge is 0.393 e. The van der Waals surface area contributed by atoms with E-state index in [0.717, 1.165) is 0 Å². The number of halogens is 4. The summed E-state index contributed by atoms with van der Waals surface area (Å²) >= 11 is 0. The summed E-state index contributed by atoms with van der Waals surface area (Å²) in [5.74, 6) is -3.79. The monoisotopic (exact) mass is 233 g/mol. The number of carboxylic acid groups (broad SMARTS) is 1. The molecule has 0 heterocycles. The quantitative estimate of drug-likeness (QED) is 0.720. The average Bonchev–Trinajstić information content (AvgIpc) is 2.29. The Balaban J connectivity index is 0.00000169. The van der Waals surface area contributed by atoms with E-state index in [0.29, 0.717) is 0 Å². The van der Waals surface area contributed by atoms with E-state index in [2.05, 4.69) is 0 Å². The highest BCUT2D eigenvalue weighted by atomic mass is 35.5. The Morgan fingerprint density at radius 2 is 1.86 bits per heavy atom. The first kappa shape index (κ1) is 13.5. The molecule has 3 atom stereocenters. The van der Waals surface area contributed by atoms with Crippen LogP contribution in [0, 0.1) is 11.8 Å². The van der Waals surface area contributed by atoms with Crippen molar-refractivity contribution in [2.45, 2.75) is 25.1 Å². The van der Waals surface area contributed by atoms with Crippen LogP contribution in [-0.2, 0) is 4.79 Å². The number of carbonyl (C=O) groups is 1. The summed E-state index contributed by atoms with van der Waals surface area (Å²) in [7, 11) is 0. The Labute approximate surface area is 84.9 Å². The number of carboxylic acids is 1. The molecular formula is C7H11ClF3NO2. The van der Waals surface area contributed by atoms with Crippen molar-refractivity contribution in [2.24, 2.45) is 17.6 Å². The average molecular weight is 234 g/mol. The molecule has 0 saturated heterocycles. The van der Waals surface area contributed by atoms with Gasteiger partial charge in [-0.15, -0.1) is 12.4 Å². The lowest BCUT2D eigenvalue weighted by molar-refractivity contribution is -0.176. The van der Waals surface area contributed by atoms with Crippen molar-refractivity contribution in [2.75, 3.05) is 0 Å². The third-order valence-electron chi connectivity index (χ3n) is 2.38. The molecule has 1 rings (SSSR count). The maximum atomic E-state index is 12.2. The molecule has 0 aromatic carbocycles. The fourth-order valence-corrected chi connectivity index (χ4v) is 1.65. The molecular weight excluding hydrogens is 223 g/mol. The minimum absolute atomic E-state index is 0. The van der Waals surface area contributed by atoms with Gasteiger partial charge in [-0.05, 0) is 12.8 Å². The van der Waals surface area contributed by atoms with Crippen molar-refractivity contribution in [3.05, 3.63) is 0 Å². The molecule has 0 unspecified atom stereocenters. The van der Waals surface area contributed by atoms with E-state index < -0.39 is 30.0 Å². The van der Waals surface area contributed by atoms with Gasteiger partial charge in [-0.3, -0.25) is 4.79 Å². The van der Waals surface area contributed by atoms with Crippen molar-refractivity contribution in [1.82, 2.24) is 0 Å². The normalized spacial score (nSPS) is 32.4. The van der Waals surface area contributed by atoms with Gasteiger partial charge in [0.05, 0.1) is 11.8 Å². The standard InChI is InChI=1S/C7H10F3NO2.ClH/c8-7(9,10)4-1-3(6(12)13)2-5(4)11;/h3-5H,1-2,11H2,(H,12,13);1H/t3-,4+,5-;/m0./s1. The Bertz CT molecular complexity index is 221. The molecule has 14 heavy (non-hydrogen) atoms. The summed E-state index contributed by atoms with van der Waals surface area (Å²) in [5.41, 5.74) is 5.21. The number of aliphatic carboxylic acids is 1. The first-order valence-corrected chi connectivity index (χ1v) is 3.87. The molecule has 0 aliphatic heterocycles. The van der Waals surface area contributed by atoms with Gasteiger partial charge in [0.15, 0.2) is 0 Å². The highest BCUT2D eigenvalue weighted by Crippen LogP contribution is 2.40. The van der Waals surface area contributed by atoms with Crippen molar-refractivity contribution >= 4 is 18.4 Å². The van der Waals surface area contributed by atoms with E-state index >= 15 is 0 Å². The van der Waals surface area contributed by atoms with Crippen LogP contribution < -0.4 is 5.73 Å². The lowest BCUT2D eigenvalue weighted by atomic mass is 10.0. The molecule has 0 aromatic rings. The maximum Gasteiger partial charge on any atom is 0.393 e. The Morgan fingerprint density at radius 1 is 1.36 bits per heavy atom. The zero-order chi connectivity index (χ0) is 10.2. The van der Waals surface area contributed by atoms with Gasteiger partial charge in [-0.1, -0.05) is 0 Å². The van der Waals surface area contributed by atoms with Gasteiger partial charge in [0.1, 0.15) is 0 Å². The molecule has 1 aliphatic carbocycles. The summed E-state index contributed by atoms with van der Waals surface area (Å²) in [4.78, 5) is 10.4. The second-order valence-corrected chi connectivity index (χ2v) is 3.32. The molecule has 7 heteroatoms.